The minimum Gasteiger partial charge on any atom is -0.465 e. The quantitative estimate of drug-likeness (QED) is 0.311. The topological polar surface area (TPSA) is 47.9 Å². The standard InChI is InChI=1S/C21H15Cl2F4NO3/c1-30-19(29)14-6-5-13(11-3-2-4-12(11)14)17-9-20(31-28-17,21(25,26)27)10-7-15(22)18(24)16(23)8-10/h5-8H,2-4,9H2,1H3. The summed E-state index contributed by atoms with van der Waals surface area (Å²) >= 11 is 11.5. The average Bonchev–Trinajstić information content (AvgIpc) is 3.38. The summed E-state index contributed by atoms with van der Waals surface area (Å²) in [7, 11) is 1.27. The number of carbonyl (C=O) groups excluding carboxylic acids is 1. The zero-order valence-corrected chi connectivity index (χ0v) is 17.6. The van der Waals surface area contributed by atoms with E-state index in [9.17, 15) is 22.4 Å². The molecule has 0 saturated heterocycles. The Balaban J connectivity index is 1.78. The Morgan fingerprint density at radius 3 is 2.42 bits per heavy atom. The van der Waals surface area contributed by atoms with Crippen molar-refractivity contribution in [2.75, 3.05) is 7.11 Å². The molecule has 1 unspecified atom stereocenters. The van der Waals surface area contributed by atoms with Gasteiger partial charge in [-0.2, -0.15) is 13.2 Å². The molecule has 10 heteroatoms. The van der Waals surface area contributed by atoms with Crippen molar-refractivity contribution in [3.8, 4) is 0 Å². The van der Waals surface area contributed by atoms with Gasteiger partial charge in [-0.05, 0) is 48.6 Å². The lowest BCUT2D eigenvalue weighted by Crippen LogP contribution is -2.42. The number of rotatable bonds is 3. The van der Waals surface area contributed by atoms with Crippen LogP contribution in [0.25, 0.3) is 0 Å². The molecule has 2 aromatic carbocycles. The summed E-state index contributed by atoms with van der Waals surface area (Å²) in [5.41, 5.74) is -0.886. The summed E-state index contributed by atoms with van der Waals surface area (Å²) < 4.78 is 61.2. The first-order valence-electron chi connectivity index (χ1n) is 9.29. The monoisotopic (exact) mass is 475 g/mol. The van der Waals surface area contributed by atoms with E-state index in [-0.39, 0.29) is 5.71 Å². The summed E-state index contributed by atoms with van der Waals surface area (Å²) in [5.74, 6) is -1.52. The molecule has 31 heavy (non-hydrogen) atoms. The molecule has 2 aliphatic rings. The fourth-order valence-electron chi connectivity index (χ4n) is 4.11. The molecule has 0 fully saturated rings. The first kappa shape index (κ1) is 21.9. The molecule has 0 amide bonds. The number of nitrogens with zero attached hydrogens (tertiary/aromatic N) is 1. The van der Waals surface area contributed by atoms with Gasteiger partial charge in [-0.1, -0.05) is 34.4 Å². The van der Waals surface area contributed by atoms with E-state index in [2.05, 4.69) is 5.16 Å². The molecule has 0 aromatic heterocycles. The Morgan fingerprint density at radius 1 is 1.16 bits per heavy atom. The van der Waals surface area contributed by atoms with Crippen LogP contribution in [-0.4, -0.2) is 25.0 Å². The van der Waals surface area contributed by atoms with E-state index in [1.54, 1.807) is 6.07 Å². The number of hydrogen-bond donors (Lipinski definition) is 0. The van der Waals surface area contributed by atoms with Gasteiger partial charge in [-0.15, -0.1) is 0 Å². The number of hydrogen-bond acceptors (Lipinski definition) is 4. The van der Waals surface area contributed by atoms with Crippen LogP contribution in [0.1, 0.15) is 45.5 Å². The number of alkyl halides is 3. The molecule has 0 N–H and O–H groups in total. The van der Waals surface area contributed by atoms with Crippen LogP contribution in [-0.2, 0) is 28.0 Å². The van der Waals surface area contributed by atoms with Gasteiger partial charge in [0.15, 0.2) is 5.82 Å². The van der Waals surface area contributed by atoms with Crippen molar-refractivity contribution in [2.45, 2.75) is 37.5 Å². The SMILES string of the molecule is COC(=O)c1ccc(C2=NOC(c3cc(Cl)c(F)c(Cl)c3)(C(F)(F)F)C2)c2c1CCC2. The highest BCUT2D eigenvalue weighted by Crippen LogP contribution is 2.50. The van der Waals surface area contributed by atoms with Crippen molar-refractivity contribution in [1.82, 2.24) is 0 Å². The molecule has 0 saturated carbocycles. The second kappa shape index (κ2) is 7.67. The number of methoxy groups -OCH3 is 1. The fourth-order valence-corrected chi connectivity index (χ4v) is 4.60. The van der Waals surface area contributed by atoms with E-state index in [1.165, 1.54) is 13.2 Å². The van der Waals surface area contributed by atoms with Crippen LogP contribution in [0.15, 0.2) is 29.4 Å². The van der Waals surface area contributed by atoms with E-state index in [0.29, 0.717) is 24.0 Å². The summed E-state index contributed by atoms with van der Waals surface area (Å²) in [6.07, 6.45) is -3.61. The highest BCUT2D eigenvalue weighted by Gasteiger charge is 2.62. The molecule has 1 heterocycles. The Labute approximate surface area is 184 Å². The molecular weight excluding hydrogens is 461 g/mol. The molecule has 1 aliphatic heterocycles. The highest BCUT2D eigenvalue weighted by molar-refractivity contribution is 6.35. The van der Waals surface area contributed by atoms with Crippen molar-refractivity contribution in [1.29, 1.82) is 0 Å². The molecule has 164 valence electrons. The lowest BCUT2D eigenvalue weighted by Gasteiger charge is -2.30. The van der Waals surface area contributed by atoms with Crippen LogP contribution in [0.2, 0.25) is 10.0 Å². The minimum absolute atomic E-state index is 0.0726. The van der Waals surface area contributed by atoms with Crippen LogP contribution in [0.5, 0.6) is 0 Å². The molecule has 1 aliphatic carbocycles. The molecule has 0 radical (unpaired) electrons. The predicted molar refractivity (Wildman–Crippen MR) is 106 cm³/mol. The first-order valence-corrected chi connectivity index (χ1v) is 10.0. The van der Waals surface area contributed by atoms with Gasteiger partial charge in [0, 0.05) is 17.5 Å². The van der Waals surface area contributed by atoms with Gasteiger partial charge in [0.2, 0.25) is 0 Å². The molecule has 0 spiro atoms. The van der Waals surface area contributed by atoms with Crippen molar-refractivity contribution in [3.05, 3.63) is 67.9 Å². The lowest BCUT2D eigenvalue weighted by molar-refractivity contribution is -0.275. The number of benzene rings is 2. The predicted octanol–water partition coefficient (Wildman–Crippen LogP) is 5.99. The number of halogens is 6. The van der Waals surface area contributed by atoms with Crippen LogP contribution in [0.3, 0.4) is 0 Å². The first-order chi connectivity index (χ1) is 14.6. The number of esters is 1. The van der Waals surface area contributed by atoms with Gasteiger partial charge in [-0.3, -0.25) is 0 Å². The van der Waals surface area contributed by atoms with Crippen LogP contribution in [0.4, 0.5) is 17.6 Å². The lowest BCUT2D eigenvalue weighted by atomic mass is 9.85. The number of ether oxygens (including phenoxy) is 1. The molecule has 4 rings (SSSR count). The minimum atomic E-state index is -4.89. The number of fused-ring (bicyclic) bond motifs is 1. The zero-order chi connectivity index (χ0) is 22.6. The van der Waals surface area contributed by atoms with E-state index >= 15 is 0 Å². The Morgan fingerprint density at radius 2 is 1.81 bits per heavy atom. The van der Waals surface area contributed by atoms with Gasteiger partial charge in [0.25, 0.3) is 5.60 Å². The van der Waals surface area contributed by atoms with E-state index in [4.69, 9.17) is 32.8 Å². The third-order valence-electron chi connectivity index (χ3n) is 5.64. The fraction of sp³-hybridized carbons (Fsp3) is 0.333. The molecule has 1 atom stereocenters. The smallest absolute Gasteiger partial charge is 0.435 e. The molecule has 2 aromatic rings. The maximum Gasteiger partial charge on any atom is 0.435 e. The third-order valence-corrected chi connectivity index (χ3v) is 6.19. The average molecular weight is 476 g/mol. The van der Waals surface area contributed by atoms with Gasteiger partial charge >= 0.3 is 12.1 Å². The molecular formula is C21H15Cl2F4NO3. The van der Waals surface area contributed by atoms with Crippen molar-refractivity contribution in [2.24, 2.45) is 5.16 Å². The summed E-state index contributed by atoms with van der Waals surface area (Å²) in [5, 5.41) is 2.66. The van der Waals surface area contributed by atoms with Crippen LogP contribution < -0.4 is 0 Å². The second-order valence-corrected chi connectivity index (χ2v) is 8.16. The van der Waals surface area contributed by atoms with Crippen molar-refractivity contribution < 1.29 is 31.9 Å². The van der Waals surface area contributed by atoms with E-state index in [1.807, 2.05) is 0 Å². The Bertz CT molecular complexity index is 1090. The Hall–Kier alpha value is -2.32. The summed E-state index contributed by atoms with van der Waals surface area (Å²) in [4.78, 5) is 17.0. The van der Waals surface area contributed by atoms with Gasteiger partial charge in [0.05, 0.1) is 28.4 Å². The van der Waals surface area contributed by atoms with E-state index in [0.717, 1.165) is 29.7 Å². The van der Waals surface area contributed by atoms with E-state index < -0.39 is 45.6 Å². The summed E-state index contributed by atoms with van der Waals surface area (Å²) in [6, 6.07) is 4.77. The largest absolute Gasteiger partial charge is 0.465 e. The second-order valence-electron chi connectivity index (χ2n) is 7.35. The summed E-state index contributed by atoms with van der Waals surface area (Å²) in [6.45, 7) is 0. The normalized spacial score (nSPS) is 20.3. The van der Waals surface area contributed by atoms with Gasteiger partial charge in [0.1, 0.15) is 0 Å². The molecule has 4 nitrogen and oxygen atoms in total. The maximum atomic E-state index is 14.2. The third kappa shape index (κ3) is 3.46. The van der Waals surface area contributed by atoms with Gasteiger partial charge < -0.3 is 9.57 Å². The molecule has 0 bridgehead atoms. The Kier molecular flexibility index (Phi) is 5.42. The highest BCUT2D eigenvalue weighted by atomic mass is 35.5. The number of carbonyl (C=O) groups is 1. The zero-order valence-electron chi connectivity index (χ0n) is 16.1. The van der Waals surface area contributed by atoms with Crippen molar-refractivity contribution in [3.63, 3.8) is 0 Å². The maximum absolute atomic E-state index is 14.2. The van der Waals surface area contributed by atoms with Gasteiger partial charge in [-0.25, -0.2) is 9.18 Å². The van der Waals surface area contributed by atoms with Crippen LogP contribution in [0, 0.1) is 5.82 Å². The van der Waals surface area contributed by atoms with Crippen molar-refractivity contribution >= 4 is 34.9 Å². The number of oxime groups is 1. The van der Waals surface area contributed by atoms with Crippen LogP contribution >= 0.6 is 23.2 Å².